The van der Waals surface area contributed by atoms with Crippen LogP contribution in [0.1, 0.15) is 12.7 Å². The van der Waals surface area contributed by atoms with Crippen LogP contribution < -0.4 is 11.0 Å². The van der Waals surface area contributed by atoms with Gasteiger partial charge in [0.25, 0.3) is 5.56 Å². The molecule has 2 aromatic heterocycles. The SMILES string of the molecule is CCONCc1nc2ccsc2c(=O)[nH]1. The van der Waals surface area contributed by atoms with Crippen LogP contribution in [-0.2, 0) is 11.4 Å². The topological polar surface area (TPSA) is 67.0 Å². The molecule has 0 fully saturated rings. The van der Waals surface area contributed by atoms with E-state index in [9.17, 15) is 4.79 Å². The van der Waals surface area contributed by atoms with Crippen LogP contribution in [0.3, 0.4) is 0 Å². The van der Waals surface area contributed by atoms with E-state index < -0.39 is 0 Å². The van der Waals surface area contributed by atoms with Gasteiger partial charge in [-0.2, -0.15) is 5.48 Å². The van der Waals surface area contributed by atoms with Crippen LogP contribution >= 0.6 is 11.3 Å². The molecule has 0 radical (unpaired) electrons. The molecule has 0 unspecified atom stereocenters. The molecule has 0 aliphatic heterocycles. The molecule has 0 atom stereocenters. The molecule has 80 valence electrons. The van der Waals surface area contributed by atoms with Crippen molar-refractivity contribution < 1.29 is 4.84 Å². The summed E-state index contributed by atoms with van der Waals surface area (Å²) >= 11 is 1.39. The molecule has 0 amide bonds. The summed E-state index contributed by atoms with van der Waals surface area (Å²) in [6, 6.07) is 1.83. The molecule has 6 heteroatoms. The zero-order valence-corrected chi connectivity index (χ0v) is 9.06. The average molecular weight is 225 g/mol. The Kier molecular flexibility index (Phi) is 3.10. The minimum absolute atomic E-state index is 0.0942. The first-order valence-electron chi connectivity index (χ1n) is 4.62. The van der Waals surface area contributed by atoms with Crippen molar-refractivity contribution in [1.29, 1.82) is 0 Å². The summed E-state index contributed by atoms with van der Waals surface area (Å²) in [6.07, 6.45) is 0. The molecular weight excluding hydrogens is 214 g/mol. The number of hydrogen-bond acceptors (Lipinski definition) is 5. The maximum Gasteiger partial charge on any atom is 0.268 e. The second-order valence-electron chi connectivity index (χ2n) is 2.90. The number of aromatic amines is 1. The quantitative estimate of drug-likeness (QED) is 0.602. The van der Waals surface area contributed by atoms with Gasteiger partial charge in [-0.05, 0) is 18.4 Å². The highest BCUT2D eigenvalue weighted by molar-refractivity contribution is 7.17. The second kappa shape index (κ2) is 4.52. The van der Waals surface area contributed by atoms with Gasteiger partial charge in [0.1, 0.15) is 10.5 Å². The first kappa shape index (κ1) is 10.3. The van der Waals surface area contributed by atoms with E-state index in [1.54, 1.807) is 0 Å². The summed E-state index contributed by atoms with van der Waals surface area (Å²) in [4.78, 5) is 23.5. The number of rotatable bonds is 4. The van der Waals surface area contributed by atoms with Crippen molar-refractivity contribution in [2.45, 2.75) is 13.5 Å². The number of hydroxylamine groups is 1. The maximum absolute atomic E-state index is 11.5. The van der Waals surface area contributed by atoms with E-state index in [4.69, 9.17) is 4.84 Å². The largest absolute Gasteiger partial charge is 0.308 e. The highest BCUT2D eigenvalue weighted by Gasteiger charge is 2.03. The fourth-order valence-corrected chi connectivity index (χ4v) is 1.95. The molecule has 2 N–H and O–H groups in total. The highest BCUT2D eigenvalue weighted by atomic mass is 32.1. The minimum atomic E-state index is -0.0942. The number of nitrogens with one attached hydrogen (secondary N) is 2. The Morgan fingerprint density at radius 2 is 2.53 bits per heavy atom. The Balaban J connectivity index is 2.25. The lowest BCUT2D eigenvalue weighted by Crippen LogP contribution is -2.19. The highest BCUT2D eigenvalue weighted by Crippen LogP contribution is 2.13. The Labute approximate surface area is 90.1 Å². The van der Waals surface area contributed by atoms with Gasteiger partial charge >= 0.3 is 0 Å². The zero-order chi connectivity index (χ0) is 10.7. The van der Waals surface area contributed by atoms with Crippen molar-refractivity contribution in [3.8, 4) is 0 Å². The summed E-state index contributed by atoms with van der Waals surface area (Å²) < 4.78 is 0.662. The van der Waals surface area contributed by atoms with Crippen LogP contribution in [0.4, 0.5) is 0 Å². The first-order chi connectivity index (χ1) is 7.31. The van der Waals surface area contributed by atoms with E-state index in [2.05, 4.69) is 15.4 Å². The summed E-state index contributed by atoms with van der Waals surface area (Å²) in [5.74, 6) is 0.583. The van der Waals surface area contributed by atoms with Crippen molar-refractivity contribution >= 4 is 21.6 Å². The van der Waals surface area contributed by atoms with E-state index in [0.29, 0.717) is 23.7 Å². The normalized spacial score (nSPS) is 11.0. The molecule has 0 aromatic carbocycles. The lowest BCUT2D eigenvalue weighted by atomic mass is 10.4. The molecule has 0 aliphatic carbocycles. The third kappa shape index (κ3) is 2.23. The molecule has 0 aliphatic rings. The maximum atomic E-state index is 11.5. The summed E-state index contributed by atoms with van der Waals surface area (Å²) in [6.45, 7) is 2.85. The lowest BCUT2D eigenvalue weighted by Gasteiger charge is -2.02. The first-order valence-corrected chi connectivity index (χ1v) is 5.50. The van der Waals surface area contributed by atoms with Crippen molar-refractivity contribution in [3.05, 3.63) is 27.6 Å². The number of fused-ring (bicyclic) bond motifs is 1. The Bertz CT molecular complexity index is 505. The van der Waals surface area contributed by atoms with Gasteiger partial charge in [-0.3, -0.25) is 4.79 Å². The van der Waals surface area contributed by atoms with Crippen LogP contribution in [0, 0.1) is 0 Å². The number of thiophene rings is 1. The van der Waals surface area contributed by atoms with Crippen molar-refractivity contribution in [2.24, 2.45) is 0 Å². The second-order valence-corrected chi connectivity index (χ2v) is 3.82. The molecule has 0 bridgehead atoms. The molecule has 2 aromatic rings. The van der Waals surface area contributed by atoms with Crippen LogP contribution in [0.25, 0.3) is 10.2 Å². The summed E-state index contributed by atoms with van der Waals surface area (Å²) in [7, 11) is 0. The van der Waals surface area contributed by atoms with E-state index in [-0.39, 0.29) is 5.56 Å². The molecule has 5 nitrogen and oxygen atoms in total. The molecule has 2 rings (SSSR count). The molecule has 0 saturated heterocycles. The van der Waals surface area contributed by atoms with Crippen LogP contribution in [0.15, 0.2) is 16.2 Å². The van der Waals surface area contributed by atoms with E-state index in [1.807, 2.05) is 18.4 Å². The fourth-order valence-electron chi connectivity index (χ4n) is 1.23. The lowest BCUT2D eigenvalue weighted by molar-refractivity contribution is 0.0448. The predicted molar refractivity (Wildman–Crippen MR) is 58.7 cm³/mol. The standard InChI is InChI=1S/C9H11N3O2S/c1-2-14-10-5-7-11-6-3-4-15-8(6)9(13)12-7/h3-4,10H,2,5H2,1H3,(H,11,12,13). The third-order valence-corrected chi connectivity index (χ3v) is 2.75. The van der Waals surface area contributed by atoms with E-state index in [1.165, 1.54) is 11.3 Å². The summed E-state index contributed by atoms with van der Waals surface area (Å²) in [5, 5.41) is 1.85. The Morgan fingerprint density at radius 3 is 3.33 bits per heavy atom. The third-order valence-electron chi connectivity index (χ3n) is 1.85. The number of aromatic nitrogens is 2. The number of H-pyrrole nitrogens is 1. The van der Waals surface area contributed by atoms with Crippen molar-refractivity contribution in [1.82, 2.24) is 15.4 Å². The fraction of sp³-hybridized carbons (Fsp3) is 0.333. The van der Waals surface area contributed by atoms with Gasteiger partial charge in [0.15, 0.2) is 0 Å². The summed E-state index contributed by atoms with van der Waals surface area (Å²) in [5.41, 5.74) is 3.35. The smallest absolute Gasteiger partial charge is 0.268 e. The van der Waals surface area contributed by atoms with Crippen molar-refractivity contribution in [2.75, 3.05) is 6.61 Å². The molecule has 0 spiro atoms. The van der Waals surface area contributed by atoms with Gasteiger partial charge in [0.05, 0.1) is 18.7 Å². The van der Waals surface area contributed by atoms with E-state index in [0.717, 1.165) is 5.52 Å². The monoisotopic (exact) mass is 225 g/mol. The van der Waals surface area contributed by atoms with Gasteiger partial charge in [-0.15, -0.1) is 11.3 Å². The molecular formula is C9H11N3O2S. The predicted octanol–water partition coefficient (Wildman–Crippen LogP) is 1.03. The van der Waals surface area contributed by atoms with Gasteiger partial charge in [0, 0.05) is 0 Å². The van der Waals surface area contributed by atoms with Gasteiger partial charge in [-0.25, -0.2) is 4.98 Å². The van der Waals surface area contributed by atoms with E-state index >= 15 is 0 Å². The number of hydrogen-bond donors (Lipinski definition) is 2. The minimum Gasteiger partial charge on any atom is -0.308 e. The molecule has 0 saturated carbocycles. The Morgan fingerprint density at radius 1 is 1.67 bits per heavy atom. The number of nitrogens with zero attached hydrogens (tertiary/aromatic N) is 1. The van der Waals surface area contributed by atoms with Crippen LogP contribution in [0.5, 0.6) is 0 Å². The van der Waals surface area contributed by atoms with Crippen LogP contribution in [0.2, 0.25) is 0 Å². The average Bonchev–Trinajstić information content (AvgIpc) is 2.66. The molecule has 15 heavy (non-hydrogen) atoms. The van der Waals surface area contributed by atoms with Gasteiger partial charge < -0.3 is 9.82 Å². The molecule has 2 heterocycles. The van der Waals surface area contributed by atoms with Gasteiger partial charge in [0.2, 0.25) is 0 Å². The zero-order valence-electron chi connectivity index (χ0n) is 8.24. The van der Waals surface area contributed by atoms with Gasteiger partial charge in [-0.1, -0.05) is 0 Å². The Hall–Kier alpha value is -1.24. The van der Waals surface area contributed by atoms with Crippen LogP contribution in [-0.4, -0.2) is 16.6 Å². The van der Waals surface area contributed by atoms with Crippen molar-refractivity contribution in [3.63, 3.8) is 0 Å².